The SMILES string of the molecule is CC(=O)N(c1nccs1)N1CCOCC1. The van der Waals surface area contributed by atoms with Crippen LogP contribution < -0.4 is 5.01 Å². The minimum atomic E-state index is -0.00755. The number of carbonyl (C=O) groups excluding carboxylic acids is 1. The molecular weight excluding hydrogens is 214 g/mol. The molecule has 0 atom stereocenters. The summed E-state index contributed by atoms with van der Waals surface area (Å²) in [6.45, 7) is 4.35. The molecular formula is C9H13N3O2S. The Labute approximate surface area is 92.2 Å². The number of hydrazine groups is 1. The van der Waals surface area contributed by atoms with Gasteiger partial charge in [0.15, 0.2) is 0 Å². The van der Waals surface area contributed by atoms with Crippen LogP contribution in [0, 0.1) is 0 Å². The first kappa shape index (κ1) is 10.5. The maximum atomic E-state index is 11.6. The zero-order chi connectivity index (χ0) is 10.7. The molecule has 0 spiro atoms. The second-order valence-corrected chi connectivity index (χ2v) is 4.08. The fraction of sp³-hybridized carbons (Fsp3) is 0.556. The summed E-state index contributed by atoms with van der Waals surface area (Å²) in [4.78, 5) is 15.7. The molecule has 1 fully saturated rings. The molecule has 0 aromatic carbocycles. The predicted octanol–water partition coefficient (Wildman–Crippen LogP) is 0.743. The van der Waals surface area contributed by atoms with Crippen molar-refractivity contribution >= 4 is 22.4 Å². The first-order chi connectivity index (χ1) is 7.29. The Hall–Kier alpha value is -0.980. The number of thiazole rings is 1. The summed E-state index contributed by atoms with van der Waals surface area (Å²) in [6.07, 6.45) is 1.70. The maximum Gasteiger partial charge on any atom is 0.240 e. The van der Waals surface area contributed by atoms with E-state index in [0.29, 0.717) is 13.2 Å². The molecule has 1 saturated heterocycles. The van der Waals surface area contributed by atoms with Crippen LogP contribution in [0.1, 0.15) is 6.92 Å². The van der Waals surface area contributed by atoms with E-state index in [1.165, 1.54) is 11.3 Å². The van der Waals surface area contributed by atoms with Crippen LogP contribution >= 0.6 is 11.3 Å². The van der Waals surface area contributed by atoms with Gasteiger partial charge < -0.3 is 4.74 Å². The molecule has 1 aromatic rings. The summed E-state index contributed by atoms with van der Waals surface area (Å²) in [5.74, 6) is -0.00755. The van der Waals surface area contributed by atoms with E-state index in [1.807, 2.05) is 10.4 Å². The van der Waals surface area contributed by atoms with Crippen molar-refractivity contribution in [1.82, 2.24) is 9.99 Å². The highest BCUT2D eigenvalue weighted by Crippen LogP contribution is 2.20. The van der Waals surface area contributed by atoms with Gasteiger partial charge in [-0.2, -0.15) is 0 Å². The minimum absolute atomic E-state index is 0.00755. The van der Waals surface area contributed by atoms with Crippen LogP contribution in [0.5, 0.6) is 0 Å². The Bertz CT molecular complexity index is 322. The molecule has 1 aliphatic heterocycles. The highest BCUT2D eigenvalue weighted by molar-refractivity contribution is 7.13. The largest absolute Gasteiger partial charge is 0.379 e. The van der Waals surface area contributed by atoms with Crippen LogP contribution in [0.4, 0.5) is 5.13 Å². The van der Waals surface area contributed by atoms with E-state index in [1.54, 1.807) is 18.1 Å². The molecule has 0 aliphatic carbocycles. The number of carbonyl (C=O) groups is 1. The lowest BCUT2D eigenvalue weighted by Crippen LogP contribution is -2.51. The molecule has 5 nitrogen and oxygen atoms in total. The number of amides is 1. The van der Waals surface area contributed by atoms with Crippen molar-refractivity contribution in [3.63, 3.8) is 0 Å². The summed E-state index contributed by atoms with van der Waals surface area (Å²) in [7, 11) is 0. The number of anilines is 1. The second kappa shape index (κ2) is 4.69. The van der Waals surface area contributed by atoms with Crippen LogP contribution in [-0.2, 0) is 9.53 Å². The second-order valence-electron chi connectivity index (χ2n) is 3.21. The summed E-state index contributed by atoms with van der Waals surface area (Å²) < 4.78 is 5.25. The molecule has 0 radical (unpaired) electrons. The van der Waals surface area contributed by atoms with Crippen molar-refractivity contribution in [2.45, 2.75) is 6.92 Å². The Balaban J connectivity index is 2.15. The van der Waals surface area contributed by atoms with Crippen molar-refractivity contribution in [1.29, 1.82) is 0 Å². The molecule has 15 heavy (non-hydrogen) atoms. The van der Waals surface area contributed by atoms with Gasteiger partial charge in [0.2, 0.25) is 11.0 Å². The molecule has 6 heteroatoms. The number of rotatable bonds is 2. The van der Waals surface area contributed by atoms with Crippen molar-refractivity contribution < 1.29 is 9.53 Å². The Morgan fingerprint density at radius 3 is 2.87 bits per heavy atom. The number of morpholine rings is 1. The fourth-order valence-electron chi connectivity index (χ4n) is 1.53. The topological polar surface area (TPSA) is 45.7 Å². The van der Waals surface area contributed by atoms with Crippen molar-refractivity contribution in [2.75, 3.05) is 31.3 Å². The van der Waals surface area contributed by atoms with Crippen LogP contribution in [0.25, 0.3) is 0 Å². The molecule has 1 aliphatic rings. The summed E-state index contributed by atoms with van der Waals surface area (Å²) in [5.41, 5.74) is 0. The van der Waals surface area contributed by atoms with Gasteiger partial charge in [-0.3, -0.25) is 4.79 Å². The van der Waals surface area contributed by atoms with Crippen LogP contribution in [0.15, 0.2) is 11.6 Å². The molecule has 0 N–H and O–H groups in total. The van der Waals surface area contributed by atoms with Gasteiger partial charge in [-0.25, -0.2) is 15.0 Å². The number of aromatic nitrogens is 1. The van der Waals surface area contributed by atoms with Crippen LogP contribution in [-0.4, -0.2) is 42.2 Å². The van der Waals surface area contributed by atoms with Gasteiger partial charge in [0.1, 0.15) is 0 Å². The lowest BCUT2D eigenvalue weighted by molar-refractivity contribution is -0.120. The Kier molecular flexibility index (Phi) is 3.30. The Morgan fingerprint density at radius 2 is 2.33 bits per heavy atom. The van der Waals surface area contributed by atoms with Gasteiger partial charge in [0.05, 0.1) is 13.2 Å². The zero-order valence-corrected chi connectivity index (χ0v) is 9.37. The van der Waals surface area contributed by atoms with Crippen LogP contribution in [0.2, 0.25) is 0 Å². The van der Waals surface area contributed by atoms with E-state index in [-0.39, 0.29) is 5.91 Å². The number of hydrogen-bond acceptors (Lipinski definition) is 5. The molecule has 2 heterocycles. The van der Waals surface area contributed by atoms with Crippen LogP contribution in [0.3, 0.4) is 0 Å². The Morgan fingerprint density at radius 1 is 1.60 bits per heavy atom. The van der Waals surface area contributed by atoms with Gasteiger partial charge in [-0.1, -0.05) is 0 Å². The van der Waals surface area contributed by atoms with Crippen molar-refractivity contribution in [3.05, 3.63) is 11.6 Å². The van der Waals surface area contributed by atoms with E-state index in [0.717, 1.165) is 18.2 Å². The molecule has 0 saturated carbocycles. The number of nitrogens with zero attached hydrogens (tertiary/aromatic N) is 3. The number of ether oxygens (including phenoxy) is 1. The standard InChI is InChI=1S/C9H13N3O2S/c1-8(13)12(9-10-2-7-15-9)11-3-5-14-6-4-11/h2,7H,3-6H2,1H3. The third-order valence-corrected chi connectivity index (χ3v) is 2.92. The first-order valence-electron chi connectivity index (χ1n) is 4.82. The van der Waals surface area contributed by atoms with E-state index in [4.69, 9.17) is 4.74 Å². The molecule has 82 valence electrons. The summed E-state index contributed by atoms with van der Waals surface area (Å²) >= 11 is 1.46. The van der Waals surface area contributed by atoms with E-state index < -0.39 is 0 Å². The molecule has 2 rings (SSSR count). The first-order valence-corrected chi connectivity index (χ1v) is 5.70. The summed E-state index contributed by atoms with van der Waals surface area (Å²) in [5, 5.41) is 6.20. The molecule has 0 bridgehead atoms. The highest BCUT2D eigenvalue weighted by Gasteiger charge is 2.23. The van der Waals surface area contributed by atoms with Gasteiger partial charge in [0, 0.05) is 31.6 Å². The number of hydrogen-bond donors (Lipinski definition) is 0. The third-order valence-electron chi connectivity index (χ3n) is 2.17. The van der Waals surface area contributed by atoms with Gasteiger partial charge in [-0.15, -0.1) is 11.3 Å². The zero-order valence-electron chi connectivity index (χ0n) is 8.55. The molecule has 1 aromatic heterocycles. The lowest BCUT2D eigenvalue weighted by Gasteiger charge is -2.34. The van der Waals surface area contributed by atoms with Crippen molar-refractivity contribution in [3.8, 4) is 0 Å². The average molecular weight is 227 g/mol. The maximum absolute atomic E-state index is 11.6. The molecule has 0 unspecified atom stereocenters. The summed E-state index contributed by atoms with van der Waals surface area (Å²) in [6, 6.07) is 0. The van der Waals surface area contributed by atoms with E-state index >= 15 is 0 Å². The lowest BCUT2D eigenvalue weighted by atomic mass is 10.5. The predicted molar refractivity (Wildman–Crippen MR) is 57.7 cm³/mol. The average Bonchev–Trinajstić information content (AvgIpc) is 2.72. The normalized spacial score (nSPS) is 17.7. The van der Waals surface area contributed by atoms with Gasteiger partial charge in [0.25, 0.3) is 0 Å². The minimum Gasteiger partial charge on any atom is -0.379 e. The van der Waals surface area contributed by atoms with E-state index in [2.05, 4.69) is 4.98 Å². The van der Waals surface area contributed by atoms with E-state index in [9.17, 15) is 4.79 Å². The quantitative estimate of drug-likeness (QED) is 0.747. The smallest absolute Gasteiger partial charge is 0.240 e. The van der Waals surface area contributed by atoms with Gasteiger partial charge >= 0.3 is 0 Å². The van der Waals surface area contributed by atoms with Gasteiger partial charge in [-0.05, 0) is 0 Å². The monoisotopic (exact) mass is 227 g/mol. The fourth-order valence-corrected chi connectivity index (χ4v) is 2.24. The van der Waals surface area contributed by atoms with Crippen molar-refractivity contribution in [2.24, 2.45) is 0 Å². The third kappa shape index (κ3) is 2.34. The molecule has 1 amide bonds. The highest BCUT2D eigenvalue weighted by atomic mass is 32.1.